The van der Waals surface area contributed by atoms with E-state index in [1.807, 2.05) is 0 Å². The molecule has 0 unspecified atom stereocenters. The molecule has 0 fully saturated rings. The molecule has 0 heterocycles. The van der Waals surface area contributed by atoms with Crippen LogP contribution in [0.25, 0.3) is 0 Å². The van der Waals surface area contributed by atoms with Gasteiger partial charge in [-0.15, -0.1) is 0 Å². The molecule has 0 atom stereocenters. The van der Waals surface area contributed by atoms with E-state index in [1.165, 1.54) is 0 Å². The summed E-state index contributed by atoms with van der Waals surface area (Å²) in [4.78, 5) is 32.9. The monoisotopic (exact) mass is 284 g/mol. The van der Waals surface area contributed by atoms with Crippen molar-refractivity contribution >= 4 is 63.6 Å². The van der Waals surface area contributed by atoms with Crippen molar-refractivity contribution in [3.8, 4) is 0 Å². The van der Waals surface area contributed by atoms with E-state index in [1.54, 1.807) is 0 Å². The molecule has 0 aromatic rings. The Morgan fingerprint density at radius 2 is 0.571 bits per heavy atom. The molecule has 0 amide bonds. The maximum absolute atomic E-state index is 8.24. The van der Waals surface area contributed by atoms with Crippen LogP contribution in [0.4, 0.5) is 0 Å². The summed E-state index contributed by atoms with van der Waals surface area (Å²) < 4.78 is 0. The van der Waals surface area contributed by atoms with Gasteiger partial charge in [0.05, 0.1) is 0 Å². The summed E-state index contributed by atoms with van der Waals surface area (Å²) >= 11 is 0. The van der Waals surface area contributed by atoms with Crippen LogP contribution in [0.2, 0.25) is 0 Å². The number of hydrogen-bond acceptors (Lipinski definition) is 4. The molecule has 0 aromatic heterocycles. The number of hydrogen-bond donors (Lipinski definition) is 4. The third kappa shape index (κ3) is 24300. The first kappa shape index (κ1) is 37.2. The molecule has 0 bridgehead atoms. The van der Waals surface area contributed by atoms with E-state index in [2.05, 4.69) is 0 Å². The van der Waals surface area contributed by atoms with Crippen LogP contribution in [0.1, 0.15) is 0 Å². The van der Waals surface area contributed by atoms with Crippen molar-refractivity contribution in [3.05, 3.63) is 0 Å². The van der Waals surface area contributed by atoms with Gasteiger partial charge in [-0.25, -0.2) is 0 Å². The zero-order valence-electron chi connectivity index (χ0n) is 6.84. The second kappa shape index (κ2) is 125. The molecule has 0 aromatic carbocycles. The van der Waals surface area contributed by atoms with Gasteiger partial charge in [0, 0.05) is 0 Å². The van der Waals surface area contributed by atoms with Crippen LogP contribution in [-0.2, 0) is 38.7 Å². The smallest absolute Gasteiger partial charge is 0.665 e. The predicted molar refractivity (Wildman–Crippen MR) is 39.0 cm³/mol. The Kier molecular flexibility index (Phi) is 331. The Morgan fingerprint density at radius 3 is 0.571 bits per heavy atom. The average Bonchev–Trinajstić information content (AvgIpc) is 1.92. The zero-order valence-corrected chi connectivity index (χ0v) is 12.0. The molecule has 72 valence electrons. The van der Waals surface area contributed by atoms with Crippen molar-refractivity contribution in [2.75, 3.05) is 0 Å². The van der Waals surface area contributed by atoms with Crippen molar-refractivity contribution in [3.63, 3.8) is 0 Å². The fourth-order valence-electron chi connectivity index (χ4n) is 0. The normalized spacial score (nSPS) is 3.43. The maximum Gasteiger partial charge on any atom is 2.00 e. The first-order valence-electron chi connectivity index (χ1n) is 1.71. The molecule has 0 spiro atoms. The molecule has 0 aliphatic heterocycles. The number of rotatable bonds is 0. The van der Waals surface area contributed by atoms with Crippen molar-refractivity contribution in [2.45, 2.75) is 0 Å². The van der Waals surface area contributed by atoms with Crippen LogP contribution in [0.5, 0.6) is 0 Å². The van der Waals surface area contributed by atoms with Gasteiger partial charge in [0.25, 0.3) is 0 Å². The van der Waals surface area contributed by atoms with Gasteiger partial charge >= 0.3 is 57.2 Å². The molecule has 0 saturated heterocycles. The second-order valence-electron chi connectivity index (χ2n) is 0.365. The molecule has 0 saturated carbocycles. The van der Waals surface area contributed by atoms with Crippen molar-refractivity contribution in [1.82, 2.24) is 0 Å². The largest absolute Gasteiger partial charge is 2.00 e. The summed E-state index contributed by atoms with van der Waals surface area (Å²) in [7, 11) is 0. The van der Waals surface area contributed by atoms with Crippen LogP contribution in [-0.4, -0.2) is 84.1 Å². The van der Waals surface area contributed by atoms with Gasteiger partial charge in [-0.3, -0.25) is 0 Å². The van der Waals surface area contributed by atoms with Crippen LogP contribution in [0.15, 0.2) is 0 Å². The van der Waals surface area contributed by atoms with E-state index in [9.17, 15) is 0 Å². The van der Waals surface area contributed by atoms with Crippen LogP contribution < -0.4 is 0 Å². The third-order valence-corrected chi connectivity index (χ3v) is 0. The molecule has 14 heavy (non-hydrogen) atoms. The summed E-state index contributed by atoms with van der Waals surface area (Å²) in [5.41, 5.74) is 0. The summed E-state index contributed by atoms with van der Waals surface area (Å²) in [6.45, 7) is 2.00. The van der Waals surface area contributed by atoms with Gasteiger partial charge in [-0.1, -0.05) is 25.9 Å². The molecular formula is C4H4CaO8Zn. The van der Waals surface area contributed by atoms with Gasteiger partial charge in [0.2, 0.25) is 0 Å². The summed E-state index contributed by atoms with van der Waals surface area (Å²) in [6, 6.07) is 0. The van der Waals surface area contributed by atoms with Crippen LogP contribution >= 0.6 is 0 Å². The van der Waals surface area contributed by atoms with E-state index in [0.717, 1.165) is 0 Å². The molecule has 8 nitrogen and oxygen atoms in total. The average molecular weight is 286 g/mol. The summed E-state index contributed by atoms with van der Waals surface area (Å²) in [5, 5.41) is 27.1. The van der Waals surface area contributed by atoms with E-state index in [0.29, 0.717) is 25.9 Å². The van der Waals surface area contributed by atoms with Gasteiger partial charge in [-0.05, 0) is 0 Å². The molecule has 0 radical (unpaired) electrons. The van der Waals surface area contributed by atoms with Crippen LogP contribution in [0, 0.1) is 0 Å². The molecule has 0 aliphatic rings. The SMILES string of the molecule is O=[C-]O.O=[C-]O.O=[C-]O.O=[C-]O.[Ca+2].[Zn+2]. The Morgan fingerprint density at radius 1 is 0.571 bits per heavy atom. The van der Waals surface area contributed by atoms with Gasteiger partial charge < -0.3 is 39.6 Å². The minimum Gasteiger partial charge on any atom is -0.665 e. The van der Waals surface area contributed by atoms with Crippen molar-refractivity contribution < 1.29 is 59.1 Å². The fraction of sp³-hybridized carbons (Fsp3) is 0. The minimum absolute atomic E-state index is 0. The number of aliphatic hydroxyl groups excluding tert-OH is 4. The first-order valence-corrected chi connectivity index (χ1v) is 1.71. The van der Waals surface area contributed by atoms with E-state index in [-0.39, 0.29) is 57.2 Å². The van der Waals surface area contributed by atoms with E-state index >= 15 is 0 Å². The predicted octanol–water partition coefficient (Wildman–Crippen LogP) is -1.94. The Labute approximate surface area is 122 Å². The minimum atomic E-state index is 0. The standard InChI is InChI=1S/4CHO2.Ca.Zn/c4*2-1-3;;/h4*(H,2,3);;/q4*-1;2*+2. The summed E-state index contributed by atoms with van der Waals surface area (Å²) in [5.74, 6) is 0. The van der Waals surface area contributed by atoms with Crippen LogP contribution in [0.3, 0.4) is 0 Å². The Hall–Kier alpha value is -0.237. The maximum atomic E-state index is 8.24. The molecule has 4 N–H and O–H groups in total. The van der Waals surface area contributed by atoms with E-state index in [4.69, 9.17) is 39.6 Å². The molecular weight excluding hydrogens is 282 g/mol. The second-order valence-corrected chi connectivity index (χ2v) is 0.365. The van der Waals surface area contributed by atoms with Crippen molar-refractivity contribution in [2.24, 2.45) is 0 Å². The van der Waals surface area contributed by atoms with Crippen molar-refractivity contribution in [1.29, 1.82) is 0 Å². The Bertz CT molecular complexity index is 75.3. The van der Waals surface area contributed by atoms with E-state index < -0.39 is 0 Å². The fourth-order valence-corrected chi connectivity index (χ4v) is 0. The quantitative estimate of drug-likeness (QED) is 0.297. The topological polar surface area (TPSA) is 149 Å². The molecule has 10 heteroatoms. The van der Waals surface area contributed by atoms with Gasteiger partial charge in [-0.2, -0.15) is 0 Å². The summed E-state index contributed by atoms with van der Waals surface area (Å²) in [6.07, 6.45) is 0. The molecule has 0 rings (SSSR count). The van der Waals surface area contributed by atoms with Gasteiger partial charge in [0.1, 0.15) is 0 Å². The van der Waals surface area contributed by atoms with Gasteiger partial charge in [0.15, 0.2) is 0 Å². The Balaban J connectivity index is -0.0000000145. The first-order chi connectivity index (χ1) is 5.66. The molecule has 0 aliphatic carbocycles. The zero-order chi connectivity index (χ0) is 10.8. The third-order valence-electron chi connectivity index (χ3n) is 0.